The van der Waals surface area contributed by atoms with Crippen molar-refractivity contribution in [3.8, 4) is 0 Å². The van der Waals surface area contributed by atoms with E-state index in [2.05, 4.69) is 11.7 Å². The summed E-state index contributed by atoms with van der Waals surface area (Å²) in [6.07, 6.45) is 9.71. The van der Waals surface area contributed by atoms with Crippen LogP contribution in [0.3, 0.4) is 0 Å². The molecule has 0 aromatic heterocycles. The van der Waals surface area contributed by atoms with Gasteiger partial charge in [0.25, 0.3) is 0 Å². The van der Waals surface area contributed by atoms with Crippen molar-refractivity contribution in [3.63, 3.8) is 0 Å². The smallest absolute Gasteiger partial charge is 0.00462 e. The average molecular weight is 152 g/mol. The molecule has 0 bridgehead atoms. The van der Waals surface area contributed by atoms with Gasteiger partial charge in [-0.15, -0.1) is 0 Å². The molecular weight excluding hydrogens is 134 g/mol. The molecule has 2 fully saturated rings. The van der Waals surface area contributed by atoms with Crippen LogP contribution in [0.2, 0.25) is 0 Å². The second-order valence-corrected chi connectivity index (χ2v) is 3.92. The molecule has 1 aliphatic heterocycles. The minimum absolute atomic E-state index is 0.983. The maximum atomic E-state index is 3.42. The van der Waals surface area contributed by atoms with Crippen molar-refractivity contribution in [1.82, 2.24) is 5.32 Å². The molecule has 1 saturated heterocycles. The minimum Gasteiger partial charge on any atom is -0.317 e. The predicted octanol–water partition coefficient (Wildman–Crippen LogP) is 1.99. The van der Waals surface area contributed by atoms with Gasteiger partial charge in [-0.25, -0.2) is 0 Å². The van der Waals surface area contributed by atoms with E-state index in [1.807, 2.05) is 0 Å². The Hall–Kier alpha value is -0.0400. The van der Waals surface area contributed by atoms with Crippen LogP contribution >= 0.6 is 0 Å². The number of rotatable bonds is 1. The topological polar surface area (TPSA) is 12.0 Å². The molecular formula is C10H18N. The summed E-state index contributed by atoms with van der Waals surface area (Å²) < 4.78 is 0. The second kappa shape index (κ2) is 3.57. The van der Waals surface area contributed by atoms with E-state index in [0.717, 1.165) is 11.8 Å². The molecule has 1 N–H and O–H groups in total. The number of hydrogen-bond acceptors (Lipinski definition) is 1. The monoisotopic (exact) mass is 152 g/mol. The van der Waals surface area contributed by atoms with Gasteiger partial charge in [-0.1, -0.05) is 6.42 Å². The SMILES string of the molecule is [CH]1CCCC1C1CCNCC1. The lowest BCUT2D eigenvalue weighted by molar-refractivity contribution is 0.290. The molecule has 11 heavy (non-hydrogen) atoms. The van der Waals surface area contributed by atoms with Gasteiger partial charge in [0.15, 0.2) is 0 Å². The Morgan fingerprint density at radius 1 is 1.09 bits per heavy atom. The van der Waals surface area contributed by atoms with E-state index in [4.69, 9.17) is 0 Å². The van der Waals surface area contributed by atoms with Gasteiger partial charge < -0.3 is 5.32 Å². The fourth-order valence-corrected chi connectivity index (χ4v) is 2.50. The largest absolute Gasteiger partial charge is 0.317 e. The van der Waals surface area contributed by atoms with Gasteiger partial charge >= 0.3 is 0 Å². The highest BCUT2D eigenvalue weighted by atomic mass is 14.9. The van der Waals surface area contributed by atoms with E-state index < -0.39 is 0 Å². The van der Waals surface area contributed by atoms with Crippen molar-refractivity contribution < 1.29 is 0 Å². The third-order valence-corrected chi connectivity index (χ3v) is 3.20. The highest BCUT2D eigenvalue weighted by Gasteiger charge is 2.25. The number of nitrogens with one attached hydrogen (secondary N) is 1. The van der Waals surface area contributed by atoms with Crippen LogP contribution in [0.1, 0.15) is 32.1 Å². The molecule has 1 heteroatoms. The molecule has 2 rings (SSSR count). The van der Waals surface area contributed by atoms with Crippen molar-refractivity contribution in [2.75, 3.05) is 13.1 Å². The molecule has 1 aliphatic carbocycles. The summed E-state index contributed by atoms with van der Waals surface area (Å²) in [6, 6.07) is 0. The fraction of sp³-hybridized carbons (Fsp3) is 0.900. The molecule has 0 amide bonds. The zero-order valence-electron chi connectivity index (χ0n) is 7.18. The summed E-state index contributed by atoms with van der Waals surface area (Å²) in [7, 11) is 0. The molecule has 63 valence electrons. The summed E-state index contributed by atoms with van der Waals surface area (Å²) in [5.41, 5.74) is 0. The third kappa shape index (κ3) is 1.76. The van der Waals surface area contributed by atoms with Gasteiger partial charge in [0.1, 0.15) is 0 Å². The molecule has 0 aromatic rings. The molecule has 0 spiro atoms. The normalized spacial score (nSPS) is 29.5. The highest BCUT2D eigenvalue weighted by Crippen LogP contribution is 2.34. The Morgan fingerprint density at radius 2 is 1.91 bits per heavy atom. The van der Waals surface area contributed by atoms with E-state index in [1.54, 1.807) is 0 Å². The van der Waals surface area contributed by atoms with Gasteiger partial charge in [0, 0.05) is 0 Å². The Balaban J connectivity index is 1.82. The summed E-state index contributed by atoms with van der Waals surface area (Å²) >= 11 is 0. The van der Waals surface area contributed by atoms with Crippen molar-refractivity contribution in [2.24, 2.45) is 11.8 Å². The lowest BCUT2D eigenvalue weighted by Gasteiger charge is -2.27. The number of piperidine rings is 1. The van der Waals surface area contributed by atoms with Crippen molar-refractivity contribution in [2.45, 2.75) is 32.1 Å². The van der Waals surface area contributed by atoms with Crippen LogP contribution in [-0.4, -0.2) is 13.1 Å². The first-order valence-corrected chi connectivity index (χ1v) is 5.01. The molecule has 1 atom stereocenters. The second-order valence-electron chi connectivity index (χ2n) is 3.92. The molecule has 1 nitrogen and oxygen atoms in total. The fourth-order valence-electron chi connectivity index (χ4n) is 2.50. The zero-order chi connectivity index (χ0) is 7.52. The van der Waals surface area contributed by atoms with E-state index >= 15 is 0 Å². The van der Waals surface area contributed by atoms with Crippen molar-refractivity contribution in [1.29, 1.82) is 0 Å². The molecule has 0 aromatic carbocycles. The Bertz CT molecular complexity index is 110. The van der Waals surface area contributed by atoms with Crippen LogP contribution in [0.15, 0.2) is 0 Å². The quantitative estimate of drug-likeness (QED) is 0.606. The molecule has 2 aliphatic rings. The van der Waals surface area contributed by atoms with E-state index in [0.29, 0.717) is 0 Å². The predicted molar refractivity (Wildman–Crippen MR) is 47.2 cm³/mol. The van der Waals surface area contributed by atoms with Crippen LogP contribution in [-0.2, 0) is 0 Å². The third-order valence-electron chi connectivity index (χ3n) is 3.20. The number of hydrogen-bond donors (Lipinski definition) is 1. The molecule has 1 saturated carbocycles. The maximum absolute atomic E-state index is 3.42. The summed E-state index contributed by atoms with van der Waals surface area (Å²) in [5, 5.41) is 3.42. The van der Waals surface area contributed by atoms with Gasteiger partial charge in [-0.3, -0.25) is 0 Å². The van der Waals surface area contributed by atoms with Crippen LogP contribution in [0.4, 0.5) is 0 Å². The van der Waals surface area contributed by atoms with Gasteiger partial charge in [-0.05, 0) is 57.0 Å². The van der Waals surface area contributed by atoms with Crippen molar-refractivity contribution >= 4 is 0 Å². The van der Waals surface area contributed by atoms with Gasteiger partial charge in [-0.2, -0.15) is 0 Å². The van der Waals surface area contributed by atoms with Crippen LogP contribution in [0.5, 0.6) is 0 Å². The van der Waals surface area contributed by atoms with E-state index in [1.165, 1.54) is 45.2 Å². The Morgan fingerprint density at radius 3 is 2.55 bits per heavy atom. The maximum Gasteiger partial charge on any atom is -0.00462 e. The summed E-state index contributed by atoms with van der Waals surface area (Å²) in [4.78, 5) is 0. The average Bonchev–Trinajstić information content (AvgIpc) is 2.58. The van der Waals surface area contributed by atoms with Crippen LogP contribution in [0, 0.1) is 18.3 Å². The molecule has 1 radical (unpaired) electrons. The lowest BCUT2D eigenvalue weighted by atomic mass is 9.84. The van der Waals surface area contributed by atoms with Gasteiger partial charge in [0.2, 0.25) is 0 Å². The summed E-state index contributed by atoms with van der Waals surface area (Å²) in [5.74, 6) is 2.01. The first-order chi connectivity index (χ1) is 5.47. The highest BCUT2D eigenvalue weighted by molar-refractivity contribution is 4.89. The Kier molecular flexibility index (Phi) is 2.47. The Labute approximate surface area is 69.6 Å². The zero-order valence-corrected chi connectivity index (χ0v) is 7.18. The van der Waals surface area contributed by atoms with Crippen LogP contribution in [0.25, 0.3) is 0 Å². The minimum atomic E-state index is 0.983. The van der Waals surface area contributed by atoms with Gasteiger partial charge in [0.05, 0.1) is 0 Å². The lowest BCUT2D eigenvalue weighted by Crippen LogP contribution is -2.30. The van der Waals surface area contributed by atoms with E-state index in [-0.39, 0.29) is 0 Å². The van der Waals surface area contributed by atoms with Crippen LogP contribution < -0.4 is 5.32 Å². The first-order valence-electron chi connectivity index (χ1n) is 5.01. The summed E-state index contributed by atoms with van der Waals surface area (Å²) in [6.45, 7) is 2.52. The standard InChI is InChI=1S/C10H18N/c1-2-4-9(3-1)10-5-7-11-8-6-10/h3,9-11H,1-2,4-8H2. The molecule has 1 unspecified atom stereocenters. The first kappa shape index (κ1) is 7.60. The van der Waals surface area contributed by atoms with E-state index in [9.17, 15) is 0 Å². The molecule has 1 heterocycles. The van der Waals surface area contributed by atoms with Crippen molar-refractivity contribution in [3.05, 3.63) is 6.42 Å².